The summed E-state index contributed by atoms with van der Waals surface area (Å²) in [6, 6.07) is 7.82. The number of thiophene rings is 1. The SMILES string of the molecule is COc1cccc(NC(=O)c2sc3nc(C)nc(N4CCCCC4C)c3c2C)c1. The zero-order valence-electron chi connectivity index (χ0n) is 17.3. The minimum atomic E-state index is -0.131. The molecule has 7 heteroatoms. The minimum absolute atomic E-state index is 0.131. The molecule has 1 unspecified atom stereocenters. The Morgan fingerprint density at radius 3 is 2.86 bits per heavy atom. The van der Waals surface area contributed by atoms with Gasteiger partial charge < -0.3 is 15.0 Å². The van der Waals surface area contributed by atoms with Crippen molar-refractivity contribution in [3.05, 3.63) is 40.5 Å². The number of methoxy groups -OCH3 is 1. The minimum Gasteiger partial charge on any atom is -0.497 e. The molecule has 0 aliphatic carbocycles. The van der Waals surface area contributed by atoms with Gasteiger partial charge in [0.15, 0.2) is 0 Å². The zero-order chi connectivity index (χ0) is 20.5. The van der Waals surface area contributed by atoms with Gasteiger partial charge in [-0.05, 0) is 57.7 Å². The van der Waals surface area contributed by atoms with Crippen LogP contribution in [-0.4, -0.2) is 35.6 Å². The molecular weight excluding hydrogens is 384 g/mol. The normalized spacial score (nSPS) is 16.8. The maximum absolute atomic E-state index is 13.0. The number of benzene rings is 1. The summed E-state index contributed by atoms with van der Waals surface area (Å²) in [5.41, 5.74) is 1.65. The van der Waals surface area contributed by atoms with Gasteiger partial charge in [-0.2, -0.15) is 0 Å². The first-order valence-corrected chi connectivity index (χ1v) is 10.8. The number of hydrogen-bond donors (Lipinski definition) is 1. The van der Waals surface area contributed by atoms with E-state index in [1.165, 1.54) is 24.2 Å². The summed E-state index contributed by atoms with van der Waals surface area (Å²) in [4.78, 5) is 26.4. The number of nitrogens with zero attached hydrogens (tertiary/aromatic N) is 3. The van der Waals surface area contributed by atoms with Crippen LogP contribution in [-0.2, 0) is 0 Å². The molecule has 0 spiro atoms. The van der Waals surface area contributed by atoms with Crippen LogP contribution >= 0.6 is 11.3 Å². The molecule has 1 N–H and O–H groups in total. The average molecular weight is 411 g/mol. The molecule has 1 aliphatic rings. The Kier molecular flexibility index (Phi) is 5.41. The first-order chi connectivity index (χ1) is 14.0. The molecule has 29 heavy (non-hydrogen) atoms. The molecule has 1 fully saturated rings. The predicted molar refractivity (Wildman–Crippen MR) is 118 cm³/mol. The summed E-state index contributed by atoms with van der Waals surface area (Å²) in [5, 5.41) is 3.99. The van der Waals surface area contributed by atoms with E-state index < -0.39 is 0 Å². The smallest absolute Gasteiger partial charge is 0.266 e. The lowest BCUT2D eigenvalue weighted by Gasteiger charge is -2.35. The summed E-state index contributed by atoms with van der Waals surface area (Å²) in [7, 11) is 1.61. The van der Waals surface area contributed by atoms with Gasteiger partial charge in [-0.1, -0.05) is 6.07 Å². The third-order valence-corrected chi connectivity index (χ3v) is 6.68. The second-order valence-electron chi connectivity index (χ2n) is 7.56. The fourth-order valence-electron chi connectivity index (χ4n) is 3.95. The fourth-order valence-corrected chi connectivity index (χ4v) is 5.06. The van der Waals surface area contributed by atoms with Crippen molar-refractivity contribution >= 4 is 39.0 Å². The number of ether oxygens (including phenoxy) is 1. The van der Waals surface area contributed by atoms with Crippen LogP contribution in [0.5, 0.6) is 5.75 Å². The average Bonchev–Trinajstić information content (AvgIpc) is 3.04. The van der Waals surface area contributed by atoms with Crippen LogP contribution in [0.2, 0.25) is 0 Å². The van der Waals surface area contributed by atoms with Crippen LogP contribution in [0.1, 0.15) is 47.2 Å². The highest BCUT2D eigenvalue weighted by Gasteiger charge is 2.26. The number of nitrogens with one attached hydrogen (secondary N) is 1. The van der Waals surface area contributed by atoms with Gasteiger partial charge in [-0.15, -0.1) is 11.3 Å². The monoisotopic (exact) mass is 410 g/mol. The quantitative estimate of drug-likeness (QED) is 0.659. The van der Waals surface area contributed by atoms with E-state index in [1.54, 1.807) is 7.11 Å². The Balaban J connectivity index is 1.73. The van der Waals surface area contributed by atoms with E-state index in [4.69, 9.17) is 9.72 Å². The van der Waals surface area contributed by atoms with Gasteiger partial charge in [0.25, 0.3) is 5.91 Å². The van der Waals surface area contributed by atoms with Gasteiger partial charge in [-0.25, -0.2) is 9.97 Å². The number of anilines is 2. The Labute approximate surface area is 174 Å². The van der Waals surface area contributed by atoms with Crippen LogP contribution < -0.4 is 15.0 Å². The molecule has 2 aromatic heterocycles. The number of hydrogen-bond acceptors (Lipinski definition) is 6. The van der Waals surface area contributed by atoms with E-state index in [0.717, 1.165) is 40.4 Å². The molecule has 1 atom stereocenters. The maximum Gasteiger partial charge on any atom is 0.266 e. The summed E-state index contributed by atoms with van der Waals surface area (Å²) in [6.45, 7) is 7.16. The van der Waals surface area contributed by atoms with E-state index in [2.05, 4.69) is 22.1 Å². The maximum atomic E-state index is 13.0. The van der Waals surface area contributed by atoms with Crippen molar-refractivity contribution < 1.29 is 9.53 Å². The molecule has 1 saturated heterocycles. The number of fused-ring (bicyclic) bond motifs is 1. The molecule has 0 saturated carbocycles. The highest BCUT2D eigenvalue weighted by Crippen LogP contribution is 2.37. The van der Waals surface area contributed by atoms with Gasteiger partial charge in [0.2, 0.25) is 0 Å². The van der Waals surface area contributed by atoms with Crippen molar-refractivity contribution in [1.29, 1.82) is 0 Å². The Morgan fingerprint density at radius 1 is 1.28 bits per heavy atom. The molecule has 0 bridgehead atoms. The van der Waals surface area contributed by atoms with Crippen molar-refractivity contribution in [3.63, 3.8) is 0 Å². The third kappa shape index (κ3) is 3.79. The second kappa shape index (κ2) is 7.99. The van der Waals surface area contributed by atoms with Gasteiger partial charge in [0.1, 0.15) is 22.2 Å². The highest BCUT2D eigenvalue weighted by molar-refractivity contribution is 7.20. The highest BCUT2D eigenvalue weighted by atomic mass is 32.1. The lowest BCUT2D eigenvalue weighted by Crippen LogP contribution is -2.38. The lowest BCUT2D eigenvalue weighted by atomic mass is 10.0. The first-order valence-electron chi connectivity index (χ1n) is 9.97. The van der Waals surface area contributed by atoms with Crippen LogP contribution in [0.3, 0.4) is 0 Å². The molecule has 3 aromatic rings. The second-order valence-corrected chi connectivity index (χ2v) is 8.55. The van der Waals surface area contributed by atoms with Crippen LogP contribution in [0.4, 0.5) is 11.5 Å². The van der Waals surface area contributed by atoms with E-state index in [1.807, 2.05) is 38.1 Å². The molecular formula is C22H26N4O2S. The molecule has 6 nitrogen and oxygen atoms in total. The lowest BCUT2D eigenvalue weighted by molar-refractivity contribution is 0.103. The van der Waals surface area contributed by atoms with Crippen LogP contribution in [0.15, 0.2) is 24.3 Å². The Morgan fingerprint density at radius 2 is 2.10 bits per heavy atom. The van der Waals surface area contributed by atoms with Gasteiger partial charge >= 0.3 is 0 Å². The zero-order valence-corrected chi connectivity index (χ0v) is 18.1. The van der Waals surface area contributed by atoms with E-state index in [9.17, 15) is 4.79 Å². The van der Waals surface area contributed by atoms with Gasteiger partial charge in [0, 0.05) is 24.3 Å². The summed E-state index contributed by atoms with van der Waals surface area (Å²) >= 11 is 1.43. The van der Waals surface area contributed by atoms with Crippen molar-refractivity contribution in [2.45, 2.75) is 46.1 Å². The molecule has 152 valence electrons. The van der Waals surface area contributed by atoms with Gasteiger partial charge in [0.05, 0.1) is 17.4 Å². The summed E-state index contributed by atoms with van der Waals surface area (Å²) in [5.74, 6) is 2.29. The summed E-state index contributed by atoms with van der Waals surface area (Å²) in [6.07, 6.45) is 3.58. The van der Waals surface area contributed by atoms with Crippen LogP contribution in [0.25, 0.3) is 10.2 Å². The number of piperidine rings is 1. The number of carbonyl (C=O) groups is 1. The Bertz CT molecular complexity index is 1060. The third-order valence-electron chi connectivity index (χ3n) is 5.49. The molecule has 4 rings (SSSR count). The number of carbonyl (C=O) groups excluding carboxylic acids is 1. The van der Waals surface area contributed by atoms with Crippen molar-refractivity contribution in [2.24, 2.45) is 0 Å². The van der Waals surface area contributed by atoms with Crippen molar-refractivity contribution in [3.8, 4) is 5.75 Å². The topological polar surface area (TPSA) is 67.3 Å². The number of amides is 1. The molecule has 3 heterocycles. The summed E-state index contributed by atoms with van der Waals surface area (Å²) < 4.78 is 5.25. The molecule has 1 amide bonds. The number of aryl methyl sites for hydroxylation is 2. The van der Waals surface area contributed by atoms with E-state index >= 15 is 0 Å². The van der Waals surface area contributed by atoms with Crippen molar-refractivity contribution in [2.75, 3.05) is 23.9 Å². The number of rotatable bonds is 4. The van der Waals surface area contributed by atoms with Crippen LogP contribution in [0, 0.1) is 13.8 Å². The standard InChI is InChI=1S/C22H26N4O2S/c1-13-8-5-6-11-26(13)20-18-14(2)19(29-22(18)24-15(3)23-20)21(27)25-16-9-7-10-17(12-16)28-4/h7,9-10,12-13H,5-6,8,11H2,1-4H3,(H,25,27). The van der Waals surface area contributed by atoms with E-state index in [-0.39, 0.29) is 5.91 Å². The molecule has 0 radical (unpaired) electrons. The number of aromatic nitrogens is 2. The van der Waals surface area contributed by atoms with Gasteiger partial charge in [-0.3, -0.25) is 4.79 Å². The van der Waals surface area contributed by atoms with E-state index in [0.29, 0.717) is 22.4 Å². The largest absolute Gasteiger partial charge is 0.497 e. The molecule has 1 aromatic carbocycles. The first kappa shape index (κ1) is 19.6. The fraction of sp³-hybridized carbons (Fsp3) is 0.409. The Hall–Kier alpha value is -2.67. The predicted octanol–water partition coefficient (Wildman–Crippen LogP) is 4.95. The molecule has 1 aliphatic heterocycles. The van der Waals surface area contributed by atoms with Crippen molar-refractivity contribution in [1.82, 2.24) is 9.97 Å².